The Labute approximate surface area is 174 Å². The lowest BCUT2D eigenvalue weighted by Gasteiger charge is -2.13. The van der Waals surface area contributed by atoms with Gasteiger partial charge in [0.05, 0.1) is 28.4 Å². The summed E-state index contributed by atoms with van der Waals surface area (Å²) in [6, 6.07) is 11.7. The Bertz CT molecular complexity index is 1250. The van der Waals surface area contributed by atoms with E-state index in [1.54, 1.807) is 40.8 Å². The van der Waals surface area contributed by atoms with Gasteiger partial charge < -0.3 is 18.9 Å². The van der Waals surface area contributed by atoms with Crippen molar-refractivity contribution in [2.45, 2.75) is 0 Å². The van der Waals surface area contributed by atoms with Crippen LogP contribution in [0.15, 0.2) is 48.8 Å². The maximum Gasteiger partial charge on any atom is 0.187 e. The van der Waals surface area contributed by atoms with Gasteiger partial charge in [-0.05, 0) is 41.5 Å². The van der Waals surface area contributed by atoms with Crippen molar-refractivity contribution >= 4 is 34.0 Å². The zero-order valence-electron chi connectivity index (χ0n) is 17.3. The van der Waals surface area contributed by atoms with Crippen molar-refractivity contribution in [2.24, 2.45) is 0 Å². The number of nitrogens with zero attached hydrogens (tertiary/aromatic N) is 2. The number of hydrogen-bond acceptors (Lipinski definition) is 6. The maximum absolute atomic E-state index is 5.53. The third-order valence-electron chi connectivity index (χ3n) is 5.00. The van der Waals surface area contributed by atoms with E-state index in [1.165, 1.54) is 0 Å². The predicted octanol–water partition coefficient (Wildman–Crippen LogP) is 4.99. The van der Waals surface area contributed by atoms with Gasteiger partial charge in [0, 0.05) is 23.2 Å². The Morgan fingerprint density at radius 3 is 1.97 bits per heavy atom. The molecule has 0 saturated heterocycles. The SMILES string of the molecule is COc1ccc2c(/C=C/c3cc(OC)c(OC)c4ncccc34)ccnc2c1OC. The average Bonchev–Trinajstić information content (AvgIpc) is 2.80. The number of aromatic nitrogens is 2. The average molecular weight is 402 g/mol. The van der Waals surface area contributed by atoms with Crippen molar-refractivity contribution in [1.29, 1.82) is 0 Å². The summed E-state index contributed by atoms with van der Waals surface area (Å²) in [6.45, 7) is 0. The van der Waals surface area contributed by atoms with E-state index in [4.69, 9.17) is 18.9 Å². The third kappa shape index (κ3) is 3.26. The van der Waals surface area contributed by atoms with Crippen LogP contribution >= 0.6 is 0 Å². The van der Waals surface area contributed by atoms with Crippen LogP contribution in [-0.2, 0) is 0 Å². The van der Waals surface area contributed by atoms with Crippen molar-refractivity contribution in [3.05, 3.63) is 59.9 Å². The second-order valence-electron chi connectivity index (χ2n) is 6.53. The van der Waals surface area contributed by atoms with Crippen LogP contribution in [0.5, 0.6) is 23.0 Å². The first kappa shape index (κ1) is 19.5. The van der Waals surface area contributed by atoms with Crippen LogP contribution in [0.4, 0.5) is 0 Å². The molecule has 0 spiro atoms. The number of rotatable bonds is 6. The molecule has 0 aliphatic rings. The molecule has 0 amide bonds. The summed E-state index contributed by atoms with van der Waals surface area (Å²) in [4.78, 5) is 8.98. The van der Waals surface area contributed by atoms with Gasteiger partial charge in [0.15, 0.2) is 23.0 Å². The highest BCUT2D eigenvalue weighted by molar-refractivity contribution is 5.99. The molecule has 0 unspecified atom stereocenters. The lowest BCUT2D eigenvalue weighted by atomic mass is 10.0. The molecule has 0 saturated carbocycles. The zero-order valence-corrected chi connectivity index (χ0v) is 17.3. The van der Waals surface area contributed by atoms with E-state index in [2.05, 4.69) is 9.97 Å². The van der Waals surface area contributed by atoms with E-state index in [0.29, 0.717) is 23.0 Å². The fraction of sp³-hybridized carbons (Fsp3) is 0.167. The smallest absolute Gasteiger partial charge is 0.187 e. The van der Waals surface area contributed by atoms with E-state index >= 15 is 0 Å². The second kappa shape index (κ2) is 8.29. The van der Waals surface area contributed by atoms with Crippen LogP contribution in [0.2, 0.25) is 0 Å². The molecule has 0 bridgehead atoms. The monoisotopic (exact) mass is 402 g/mol. The molecule has 0 radical (unpaired) electrons. The summed E-state index contributed by atoms with van der Waals surface area (Å²) in [5.41, 5.74) is 3.48. The fourth-order valence-corrected chi connectivity index (χ4v) is 3.59. The molecule has 0 fully saturated rings. The van der Waals surface area contributed by atoms with Gasteiger partial charge in [-0.15, -0.1) is 0 Å². The van der Waals surface area contributed by atoms with Gasteiger partial charge in [0.25, 0.3) is 0 Å². The molecule has 30 heavy (non-hydrogen) atoms. The standard InChI is InChI=1S/C24H22N2O4/c1-27-19-10-9-18-15(11-13-26-22(18)23(19)29-3)7-8-16-14-20(28-2)24(30-4)21-17(16)6-5-12-25-21/h5-14H,1-4H3/b8-7+. The first-order chi connectivity index (χ1) is 14.7. The van der Waals surface area contributed by atoms with Crippen LogP contribution in [0.25, 0.3) is 34.0 Å². The minimum atomic E-state index is 0.617. The topological polar surface area (TPSA) is 62.7 Å². The number of pyridine rings is 2. The number of fused-ring (bicyclic) bond motifs is 2. The number of hydrogen-bond donors (Lipinski definition) is 0. The predicted molar refractivity (Wildman–Crippen MR) is 119 cm³/mol. The molecule has 0 N–H and O–H groups in total. The quantitative estimate of drug-likeness (QED) is 0.453. The van der Waals surface area contributed by atoms with Crippen LogP contribution < -0.4 is 18.9 Å². The summed E-state index contributed by atoms with van der Waals surface area (Å²) in [5, 5.41) is 1.94. The highest BCUT2D eigenvalue weighted by atomic mass is 16.5. The summed E-state index contributed by atoms with van der Waals surface area (Å²) >= 11 is 0. The van der Waals surface area contributed by atoms with Gasteiger partial charge in [0.2, 0.25) is 0 Å². The van der Waals surface area contributed by atoms with Crippen molar-refractivity contribution in [1.82, 2.24) is 9.97 Å². The van der Waals surface area contributed by atoms with Crippen molar-refractivity contribution in [3.8, 4) is 23.0 Å². The van der Waals surface area contributed by atoms with E-state index < -0.39 is 0 Å². The highest BCUT2D eigenvalue weighted by Gasteiger charge is 2.14. The molecule has 152 valence electrons. The molecule has 6 nitrogen and oxygen atoms in total. The Morgan fingerprint density at radius 2 is 1.27 bits per heavy atom. The van der Waals surface area contributed by atoms with Crippen LogP contribution in [-0.4, -0.2) is 38.4 Å². The minimum absolute atomic E-state index is 0.617. The minimum Gasteiger partial charge on any atom is -0.493 e. The maximum atomic E-state index is 5.53. The molecule has 0 aliphatic heterocycles. The lowest BCUT2D eigenvalue weighted by Crippen LogP contribution is -1.95. The molecular formula is C24H22N2O4. The Kier molecular flexibility index (Phi) is 5.39. The van der Waals surface area contributed by atoms with Gasteiger partial charge in [-0.3, -0.25) is 9.97 Å². The van der Waals surface area contributed by atoms with Crippen molar-refractivity contribution in [2.75, 3.05) is 28.4 Å². The summed E-state index contributed by atoms with van der Waals surface area (Å²) in [6.07, 6.45) is 7.59. The van der Waals surface area contributed by atoms with E-state index in [-0.39, 0.29) is 0 Å². The molecule has 2 aromatic heterocycles. The van der Waals surface area contributed by atoms with E-state index in [9.17, 15) is 0 Å². The molecule has 0 atom stereocenters. The lowest BCUT2D eigenvalue weighted by molar-refractivity contribution is 0.358. The number of methoxy groups -OCH3 is 4. The highest BCUT2D eigenvalue weighted by Crippen LogP contribution is 2.38. The second-order valence-corrected chi connectivity index (χ2v) is 6.53. The van der Waals surface area contributed by atoms with Gasteiger partial charge in [0.1, 0.15) is 11.0 Å². The van der Waals surface area contributed by atoms with Crippen molar-refractivity contribution in [3.63, 3.8) is 0 Å². The molecule has 2 aromatic carbocycles. The first-order valence-electron chi connectivity index (χ1n) is 9.39. The van der Waals surface area contributed by atoms with Crippen LogP contribution in [0, 0.1) is 0 Å². The molecule has 6 heteroatoms. The fourth-order valence-electron chi connectivity index (χ4n) is 3.59. The molecule has 4 aromatic rings. The largest absolute Gasteiger partial charge is 0.493 e. The summed E-state index contributed by atoms with van der Waals surface area (Å²) in [7, 11) is 6.47. The summed E-state index contributed by atoms with van der Waals surface area (Å²) < 4.78 is 22.0. The van der Waals surface area contributed by atoms with Crippen LogP contribution in [0.3, 0.4) is 0 Å². The van der Waals surface area contributed by atoms with Gasteiger partial charge in [-0.25, -0.2) is 0 Å². The molecule has 4 rings (SSSR count). The van der Waals surface area contributed by atoms with E-state index in [1.807, 2.05) is 48.6 Å². The normalized spacial score (nSPS) is 11.2. The van der Waals surface area contributed by atoms with Gasteiger partial charge in [-0.1, -0.05) is 18.2 Å². The first-order valence-corrected chi connectivity index (χ1v) is 9.39. The molecular weight excluding hydrogens is 380 g/mol. The molecule has 2 heterocycles. The Balaban J connectivity index is 1.87. The Hall–Kier alpha value is -3.80. The molecule has 0 aliphatic carbocycles. The zero-order chi connectivity index (χ0) is 21.1. The van der Waals surface area contributed by atoms with Crippen LogP contribution in [0.1, 0.15) is 11.1 Å². The number of benzene rings is 2. The number of ether oxygens (including phenoxy) is 4. The van der Waals surface area contributed by atoms with Gasteiger partial charge in [-0.2, -0.15) is 0 Å². The summed E-state index contributed by atoms with van der Waals surface area (Å²) in [5.74, 6) is 2.52. The Morgan fingerprint density at radius 1 is 0.633 bits per heavy atom. The van der Waals surface area contributed by atoms with Crippen molar-refractivity contribution < 1.29 is 18.9 Å². The van der Waals surface area contributed by atoms with E-state index in [0.717, 1.165) is 32.9 Å². The van der Waals surface area contributed by atoms with Gasteiger partial charge >= 0.3 is 0 Å². The third-order valence-corrected chi connectivity index (χ3v) is 5.00.